The van der Waals surface area contributed by atoms with Crippen molar-refractivity contribution in [2.24, 2.45) is 0 Å². The summed E-state index contributed by atoms with van der Waals surface area (Å²) in [6, 6.07) is 6.28. The minimum atomic E-state index is -1.17. The molecule has 23 heteroatoms. The summed E-state index contributed by atoms with van der Waals surface area (Å²) in [6.07, 6.45) is 5.58. The maximum Gasteiger partial charge on any atom is 0.412 e. The van der Waals surface area contributed by atoms with Crippen LogP contribution in [-0.4, -0.2) is 142 Å². The van der Waals surface area contributed by atoms with E-state index >= 15 is 0 Å². The van der Waals surface area contributed by atoms with E-state index in [1.165, 1.54) is 65.7 Å². The first kappa shape index (κ1) is 42.5. The Balaban J connectivity index is 0.000000165. The number of aliphatic hydroxyl groups excluding tert-OH is 1. The highest BCUT2D eigenvalue weighted by molar-refractivity contribution is 6.62. The number of hydrogen-bond donors (Lipinski definition) is 1. The van der Waals surface area contributed by atoms with Gasteiger partial charge in [-0.1, -0.05) is 23.2 Å². The molecular formula is C36H35Cl3N12O8. The summed E-state index contributed by atoms with van der Waals surface area (Å²) in [5, 5.41) is 10.5. The Kier molecular flexibility index (Phi) is 13.4. The quantitative estimate of drug-likeness (QED) is 0.231. The van der Waals surface area contributed by atoms with Crippen LogP contribution in [-0.2, 0) is 14.3 Å². The second-order valence-electron chi connectivity index (χ2n) is 12.9. The number of carbonyl (C=O) groups is 6. The number of aliphatic hydroxyl groups is 1. The molecule has 2 atom stereocenters. The van der Waals surface area contributed by atoms with E-state index in [9.17, 15) is 33.9 Å². The molecule has 4 aromatic heterocycles. The number of halogens is 3. The smallest absolute Gasteiger partial charge is 0.412 e. The Morgan fingerprint density at radius 1 is 0.610 bits per heavy atom. The monoisotopic (exact) mass is 868 g/mol. The van der Waals surface area contributed by atoms with Gasteiger partial charge in [0.2, 0.25) is 18.0 Å². The SMILES string of the molecule is CC(=O)N1CCN(C(=O)Cl)CC1.CC(=O)N1CCN(C(=O)OC2c3nccnc3C(=O)N2c2ccc(Cl)cn2)CC1.O=C1c2nccnc2C(O)N1c1ccc(Cl)cn1. The van der Waals surface area contributed by atoms with Crippen molar-refractivity contribution < 1.29 is 38.6 Å². The fourth-order valence-electron chi connectivity index (χ4n) is 6.24. The molecule has 0 aromatic carbocycles. The van der Waals surface area contributed by atoms with Crippen molar-refractivity contribution in [2.45, 2.75) is 26.3 Å². The molecule has 20 nitrogen and oxygen atoms in total. The van der Waals surface area contributed by atoms with Gasteiger partial charge in [0.15, 0.2) is 17.6 Å². The van der Waals surface area contributed by atoms with Gasteiger partial charge >= 0.3 is 11.5 Å². The van der Waals surface area contributed by atoms with Crippen LogP contribution >= 0.6 is 34.8 Å². The number of amides is 6. The molecule has 2 unspecified atom stereocenters. The van der Waals surface area contributed by atoms with E-state index in [-0.39, 0.29) is 40.4 Å². The minimum absolute atomic E-state index is 0.0383. The van der Waals surface area contributed by atoms with E-state index in [1.54, 1.807) is 34.1 Å². The van der Waals surface area contributed by atoms with Crippen molar-refractivity contribution in [2.75, 3.05) is 62.2 Å². The van der Waals surface area contributed by atoms with Crippen LogP contribution in [0, 0.1) is 0 Å². The molecule has 0 spiro atoms. The number of ether oxygens (including phenoxy) is 1. The predicted molar refractivity (Wildman–Crippen MR) is 209 cm³/mol. The predicted octanol–water partition coefficient (Wildman–Crippen LogP) is 3.17. The van der Waals surface area contributed by atoms with Gasteiger partial charge < -0.3 is 29.4 Å². The van der Waals surface area contributed by atoms with Crippen molar-refractivity contribution >= 4 is 81.5 Å². The number of hydrogen-bond acceptors (Lipinski definition) is 14. The third kappa shape index (κ3) is 9.62. The summed E-state index contributed by atoms with van der Waals surface area (Å²) in [7, 11) is 0. The second-order valence-corrected chi connectivity index (χ2v) is 14.1. The van der Waals surface area contributed by atoms with Crippen molar-refractivity contribution in [3.8, 4) is 0 Å². The van der Waals surface area contributed by atoms with Crippen LogP contribution in [0.5, 0.6) is 0 Å². The summed E-state index contributed by atoms with van der Waals surface area (Å²) >= 11 is 16.9. The number of pyridine rings is 2. The van der Waals surface area contributed by atoms with Crippen molar-refractivity contribution in [3.05, 3.63) is 94.3 Å². The van der Waals surface area contributed by atoms with E-state index in [4.69, 9.17) is 39.5 Å². The fourth-order valence-corrected chi connectivity index (χ4v) is 6.63. The molecule has 2 fully saturated rings. The topological polar surface area (TPSA) is 229 Å². The minimum Gasteiger partial charge on any atom is -0.419 e. The zero-order valence-electron chi connectivity index (χ0n) is 31.4. The normalized spacial score (nSPS) is 18.3. The lowest BCUT2D eigenvalue weighted by Crippen LogP contribution is -2.50. The maximum atomic E-state index is 12.9. The van der Waals surface area contributed by atoms with Crippen LogP contribution in [0.15, 0.2) is 61.4 Å². The van der Waals surface area contributed by atoms with Crippen molar-refractivity contribution in [1.82, 2.24) is 49.5 Å². The van der Waals surface area contributed by atoms with E-state index in [1.807, 2.05) is 0 Å². The number of piperazine rings is 2. The largest absolute Gasteiger partial charge is 0.419 e. The summed E-state index contributed by atoms with van der Waals surface area (Å²) in [5.41, 5.74) is 0.717. The molecule has 0 aliphatic carbocycles. The van der Waals surface area contributed by atoms with E-state index in [0.717, 1.165) is 4.90 Å². The average Bonchev–Trinajstić information content (AvgIpc) is 3.66. The molecule has 4 aliphatic heterocycles. The summed E-state index contributed by atoms with van der Waals surface area (Å²) in [4.78, 5) is 104. The van der Waals surface area contributed by atoms with Gasteiger partial charge in [-0.2, -0.15) is 0 Å². The molecule has 6 amide bonds. The highest BCUT2D eigenvalue weighted by Gasteiger charge is 2.44. The van der Waals surface area contributed by atoms with Crippen LogP contribution in [0.3, 0.4) is 0 Å². The molecule has 2 saturated heterocycles. The first-order valence-corrected chi connectivity index (χ1v) is 19.0. The maximum absolute atomic E-state index is 12.9. The number of carbonyl (C=O) groups excluding carboxylic acids is 6. The van der Waals surface area contributed by atoms with Crippen LogP contribution in [0.4, 0.5) is 21.2 Å². The third-order valence-electron chi connectivity index (χ3n) is 9.34. The number of aromatic nitrogens is 6. The van der Waals surface area contributed by atoms with Gasteiger partial charge in [0, 0.05) is 103 Å². The van der Waals surface area contributed by atoms with Crippen molar-refractivity contribution in [1.29, 1.82) is 0 Å². The molecule has 308 valence electrons. The van der Waals surface area contributed by atoms with E-state index in [0.29, 0.717) is 68.2 Å². The van der Waals surface area contributed by atoms with E-state index in [2.05, 4.69) is 29.9 Å². The van der Waals surface area contributed by atoms with Gasteiger partial charge in [-0.05, 0) is 35.9 Å². The lowest BCUT2D eigenvalue weighted by Gasteiger charge is -2.34. The Bertz CT molecular complexity index is 2200. The Hall–Kier alpha value is -6.09. The zero-order valence-corrected chi connectivity index (χ0v) is 33.7. The summed E-state index contributed by atoms with van der Waals surface area (Å²) < 4.78 is 5.65. The van der Waals surface area contributed by atoms with Crippen LogP contribution in [0.2, 0.25) is 10.0 Å². The second kappa shape index (κ2) is 18.7. The summed E-state index contributed by atoms with van der Waals surface area (Å²) in [5.74, 6) is -0.321. The molecule has 59 heavy (non-hydrogen) atoms. The van der Waals surface area contributed by atoms with Gasteiger partial charge in [0.25, 0.3) is 11.8 Å². The number of anilines is 2. The van der Waals surface area contributed by atoms with Gasteiger partial charge in [-0.3, -0.25) is 38.8 Å². The highest BCUT2D eigenvalue weighted by Crippen LogP contribution is 2.36. The fraction of sp³-hybridized carbons (Fsp3) is 0.333. The molecule has 4 aromatic rings. The van der Waals surface area contributed by atoms with Crippen LogP contribution in [0.25, 0.3) is 0 Å². The van der Waals surface area contributed by atoms with Gasteiger partial charge in [-0.25, -0.2) is 29.6 Å². The third-order valence-corrected chi connectivity index (χ3v) is 10.0. The lowest BCUT2D eigenvalue weighted by atomic mass is 10.3. The lowest BCUT2D eigenvalue weighted by molar-refractivity contribution is -0.131. The number of nitrogens with zero attached hydrogens (tertiary/aromatic N) is 12. The Morgan fingerprint density at radius 3 is 1.49 bits per heavy atom. The first-order chi connectivity index (χ1) is 28.2. The molecule has 0 saturated carbocycles. The first-order valence-electron chi connectivity index (χ1n) is 17.9. The Labute approximate surface area is 351 Å². The van der Waals surface area contributed by atoms with Gasteiger partial charge in [-0.15, -0.1) is 0 Å². The molecule has 0 bridgehead atoms. The zero-order chi connectivity index (χ0) is 42.4. The highest BCUT2D eigenvalue weighted by atomic mass is 35.5. The molecular weight excluding hydrogens is 835 g/mol. The molecule has 8 heterocycles. The number of rotatable bonds is 3. The molecule has 0 radical (unpaired) electrons. The average molecular weight is 870 g/mol. The standard InChI is InChI=1S/C18H17ClN6O4.C11H7ClN4O2.C7H11ClN2O2/c1-11(26)23-6-8-24(9-7-23)18(28)29-17-15-14(20-4-5-21-15)16(27)25(17)13-3-2-12(19)10-22-13;12-6-1-2-7(15-5-6)16-10(17)8-9(11(16)18)14-4-3-13-8;1-6(11)9-2-4-10(5-3-9)7(8)12/h2-5,10,17H,6-9H2,1H3;1-5,10,17H;2-5H2,1H3. The van der Waals surface area contributed by atoms with Gasteiger partial charge in [0.05, 0.1) is 10.0 Å². The molecule has 4 aliphatic rings. The molecule has 1 N–H and O–H groups in total. The van der Waals surface area contributed by atoms with Crippen LogP contribution < -0.4 is 9.80 Å². The van der Waals surface area contributed by atoms with Crippen molar-refractivity contribution in [3.63, 3.8) is 0 Å². The van der Waals surface area contributed by atoms with Gasteiger partial charge in [0.1, 0.15) is 23.0 Å². The van der Waals surface area contributed by atoms with Crippen LogP contribution in [0.1, 0.15) is 58.7 Å². The Morgan fingerprint density at radius 2 is 1.03 bits per heavy atom. The molecule has 8 rings (SSSR count). The number of fused-ring (bicyclic) bond motifs is 2. The van der Waals surface area contributed by atoms with E-state index < -0.39 is 35.7 Å². The summed E-state index contributed by atoms with van der Waals surface area (Å²) in [6.45, 7) is 6.81.